The number of hydrogen-bond acceptors (Lipinski definition) is 3. The SMILES string of the molecule is Cc1ccc(Oc2ccc(C#N)cc2C(C)(F)F)nc1. The number of pyridine rings is 1. The van der Waals surface area contributed by atoms with Crippen LogP contribution >= 0.6 is 0 Å². The van der Waals surface area contributed by atoms with Crippen LogP contribution in [0, 0.1) is 18.3 Å². The number of hydrogen-bond donors (Lipinski definition) is 0. The number of benzene rings is 1. The highest BCUT2D eigenvalue weighted by atomic mass is 19.3. The lowest BCUT2D eigenvalue weighted by molar-refractivity contribution is 0.0154. The van der Waals surface area contributed by atoms with Gasteiger partial charge in [0.2, 0.25) is 5.88 Å². The Hall–Kier alpha value is -2.48. The van der Waals surface area contributed by atoms with Gasteiger partial charge >= 0.3 is 0 Å². The molecule has 0 unspecified atom stereocenters. The topological polar surface area (TPSA) is 45.9 Å². The van der Waals surface area contributed by atoms with Crippen LogP contribution in [0.1, 0.15) is 23.6 Å². The summed E-state index contributed by atoms with van der Waals surface area (Å²) in [6.45, 7) is 2.63. The van der Waals surface area contributed by atoms with Gasteiger partial charge in [-0.2, -0.15) is 5.26 Å². The van der Waals surface area contributed by atoms with E-state index in [0.29, 0.717) is 0 Å². The maximum Gasteiger partial charge on any atom is 0.274 e. The van der Waals surface area contributed by atoms with Crippen LogP contribution in [0.2, 0.25) is 0 Å². The van der Waals surface area contributed by atoms with Crippen molar-refractivity contribution in [3.63, 3.8) is 0 Å². The van der Waals surface area contributed by atoms with E-state index in [1.165, 1.54) is 12.1 Å². The third-order valence-corrected chi connectivity index (χ3v) is 2.68. The maximum absolute atomic E-state index is 13.6. The number of nitriles is 1. The first-order valence-corrected chi connectivity index (χ1v) is 5.93. The predicted molar refractivity (Wildman–Crippen MR) is 69.8 cm³/mol. The minimum atomic E-state index is -3.10. The summed E-state index contributed by atoms with van der Waals surface area (Å²) in [7, 11) is 0. The minimum Gasteiger partial charge on any atom is -0.439 e. The largest absolute Gasteiger partial charge is 0.439 e. The minimum absolute atomic E-state index is 0.00662. The van der Waals surface area contributed by atoms with Crippen LogP contribution in [0.5, 0.6) is 11.6 Å². The molecule has 0 N–H and O–H groups in total. The van der Waals surface area contributed by atoms with Crippen molar-refractivity contribution in [2.45, 2.75) is 19.8 Å². The van der Waals surface area contributed by atoms with E-state index in [4.69, 9.17) is 10.00 Å². The average molecular weight is 274 g/mol. The van der Waals surface area contributed by atoms with Gasteiger partial charge in [-0.05, 0) is 30.7 Å². The fourth-order valence-electron chi connectivity index (χ4n) is 1.66. The highest BCUT2D eigenvalue weighted by molar-refractivity contribution is 5.45. The molecule has 0 saturated carbocycles. The summed E-state index contributed by atoms with van der Waals surface area (Å²) in [4.78, 5) is 4.01. The van der Waals surface area contributed by atoms with Crippen LogP contribution in [0.25, 0.3) is 0 Å². The molecule has 0 aliphatic heterocycles. The van der Waals surface area contributed by atoms with Gasteiger partial charge in [0.15, 0.2) is 0 Å². The molecule has 0 fully saturated rings. The second-order valence-electron chi connectivity index (χ2n) is 4.49. The van der Waals surface area contributed by atoms with Gasteiger partial charge in [0.1, 0.15) is 5.75 Å². The lowest BCUT2D eigenvalue weighted by Gasteiger charge is -2.16. The molecule has 1 heterocycles. The standard InChI is InChI=1S/C15H12F2N2O/c1-10-3-6-14(19-9-10)20-13-5-4-11(8-18)7-12(13)15(2,16)17/h3-7,9H,1-2H3. The third kappa shape index (κ3) is 3.09. The Bertz CT molecular complexity index is 655. The number of rotatable bonds is 3. The lowest BCUT2D eigenvalue weighted by atomic mass is 10.1. The van der Waals surface area contributed by atoms with Gasteiger partial charge in [-0.3, -0.25) is 0 Å². The van der Waals surface area contributed by atoms with Gasteiger partial charge in [-0.15, -0.1) is 0 Å². The Labute approximate surface area is 115 Å². The second-order valence-corrected chi connectivity index (χ2v) is 4.49. The molecule has 0 amide bonds. The molecule has 20 heavy (non-hydrogen) atoms. The molecule has 0 radical (unpaired) electrons. The molecule has 3 nitrogen and oxygen atoms in total. The molecule has 2 rings (SSSR count). The number of aromatic nitrogens is 1. The molecule has 0 aliphatic rings. The van der Waals surface area contributed by atoms with Crippen LogP contribution in [0.3, 0.4) is 0 Å². The molecule has 0 aliphatic carbocycles. The predicted octanol–water partition coefficient (Wildman–Crippen LogP) is 4.17. The van der Waals surface area contributed by atoms with Crippen molar-refractivity contribution < 1.29 is 13.5 Å². The summed E-state index contributed by atoms with van der Waals surface area (Å²) in [6.07, 6.45) is 1.59. The van der Waals surface area contributed by atoms with Gasteiger partial charge in [-0.1, -0.05) is 6.07 Å². The molecule has 0 bridgehead atoms. The van der Waals surface area contributed by atoms with Gasteiger partial charge in [0, 0.05) is 19.2 Å². The van der Waals surface area contributed by atoms with E-state index in [0.717, 1.165) is 18.6 Å². The van der Waals surface area contributed by atoms with Crippen molar-refractivity contribution in [3.05, 3.63) is 53.2 Å². The first kappa shape index (κ1) is 13.9. The first-order valence-electron chi connectivity index (χ1n) is 5.93. The van der Waals surface area contributed by atoms with E-state index in [-0.39, 0.29) is 22.8 Å². The third-order valence-electron chi connectivity index (χ3n) is 2.68. The van der Waals surface area contributed by atoms with Crippen LogP contribution in [-0.4, -0.2) is 4.98 Å². The van der Waals surface area contributed by atoms with Gasteiger partial charge < -0.3 is 4.74 Å². The second kappa shape index (κ2) is 5.25. The monoisotopic (exact) mass is 274 g/mol. The summed E-state index contributed by atoms with van der Waals surface area (Å²) in [5.74, 6) is -2.88. The maximum atomic E-state index is 13.6. The van der Waals surface area contributed by atoms with Crippen molar-refractivity contribution in [2.75, 3.05) is 0 Å². The summed E-state index contributed by atoms with van der Waals surface area (Å²) < 4.78 is 32.6. The number of ether oxygens (including phenoxy) is 1. The normalized spacial score (nSPS) is 10.9. The molecule has 2 aromatic rings. The molecule has 102 valence electrons. The van der Waals surface area contributed by atoms with Crippen molar-refractivity contribution in [1.29, 1.82) is 5.26 Å². The number of halogens is 2. The molecule has 0 saturated heterocycles. The molecule has 5 heteroatoms. The van der Waals surface area contributed by atoms with Crippen LogP contribution in [-0.2, 0) is 5.92 Å². The average Bonchev–Trinajstić information content (AvgIpc) is 2.40. The van der Waals surface area contributed by atoms with E-state index in [9.17, 15) is 8.78 Å². The van der Waals surface area contributed by atoms with E-state index >= 15 is 0 Å². The zero-order valence-corrected chi connectivity index (χ0v) is 11.0. The summed E-state index contributed by atoms with van der Waals surface area (Å²) in [5.41, 5.74) is 0.767. The number of alkyl halides is 2. The van der Waals surface area contributed by atoms with Crippen molar-refractivity contribution >= 4 is 0 Å². The van der Waals surface area contributed by atoms with E-state index in [2.05, 4.69) is 4.98 Å². The van der Waals surface area contributed by atoms with Gasteiger partial charge in [0.25, 0.3) is 5.92 Å². The first-order chi connectivity index (χ1) is 9.40. The van der Waals surface area contributed by atoms with Crippen molar-refractivity contribution in [2.24, 2.45) is 0 Å². The van der Waals surface area contributed by atoms with E-state index < -0.39 is 5.92 Å². The van der Waals surface area contributed by atoms with E-state index in [1.54, 1.807) is 18.3 Å². The lowest BCUT2D eigenvalue weighted by Crippen LogP contribution is -2.09. The summed E-state index contributed by atoms with van der Waals surface area (Å²) in [5, 5.41) is 8.79. The molecular weight excluding hydrogens is 262 g/mol. The Morgan fingerprint density at radius 1 is 1.25 bits per heavy atom. The molecular formula is C15H12F2N2O. The smallest absolute Gasteiger partial charge is 0.274 e. The molecule has 0 spiro atoms. The Morgan fingerprint density at radius 2 is 2.00 bits per heavy atom. The van der Waals surface area contributed by atoms with Crippen molar-refractivity contribution in [1.82, 2.24) is 4.98 Å². The Balaban J connectivity index is 2.41. The quantitative estimate of drug-likeness (QED) is 0.844. The zero-order valence-electron chi connectivity index (χ0n) is 11.0. The highest BCUT2D eigenvalue weighted by Gasteiger charge is 2.29. The molecule has 1 aromatic heterocycles. The fourth-order valence-corrected chi connectivity index (χ4v) is 1.66. The van der Waals surface area contributed by atoms with Gasteiger partial charge in [0.05, 0.1) is 17.2 Å². The van der Waals surface area contributed by atoms with E-state index in [1.807, 2.05) is 13.0 Å². The summed E-state index contributed by atoms with van der Waals surface area (Å²) in [6, 6.07) is 9.12. The van der Waals surface area contributed by atoms with Crippen LogP contribution < -0.4 is 4.74 Å². The zero-order chi connectivity index (χ0) is 14.8. The Morgan fingerprint density at radius 3 is 2.55 bits per heavy atom. The van der Waals surface area contributed by atoms with Crippen LogP contribution in [0.4, 0.5) is 8.78 Å². The van der Waals surface area contributed by atoms with Crippen molar-refractivity contribution in [3.8, 4) is 17.7 Å². The molecule has 0 atom stereocenters. The number of aryl methyl sites for hydroxylation is 1. The summed E-state index contributed by atoms with van der Waals surface area (Å²) >= 11 is 0. The highest BCUT2D eigenvalue weighted by Crippen LogP contribution is 2.36. The van der Waals surface area contributed by atoms with Gasteiger partial charge in [-0.25, -0.2) is 13.8 Å². The van der Waals surface area contributed by atoms with Crippen LogP contribution in [0.15, 0.2) is 36.5 Å². The Kier molecular flexibility index (Phi) is 3.66. The molecule has 1 aromatic carbocycles. The number of nitrogens with zero attached hydrogens (tertiary/aromatic N) is 2. The fraction of sp³-hybridized carbons (Fsp3) is 0.200.